The van der Waals surface area contributed by atoms with E-state index in [1.807, 2.05) is 0 Å². The molecule has 1 atom stereocenters. The molecule has 0 bridgehead atoms. The van der Waals surface area contributed by atoms with Gasteiger partial charge in [0.25, 0.3) is 0 Å². The molecule has 0 radical (unpaired) electrons. The Morgan fingerprint density at radius 1 is 0.783 bits per heavy atom. The van der Waals surface area contributed by atoms with E-state index in [0.717, 1.165) is 38.5 Å². The first-order chi connectivity index (χ1) is 11.2. The maximum Gasteiger partial charge on any atom is 0.306 e. The summed E-state index contributed by atoms with van der Waals surface area (Å²) in [4.78, 5) is 10.6. The average molecular weight is 316 g/mol. The molecule has 128 valence electrons. The average Bonchev–Trinajstić information content (AvgIpc) is 2.54. The summed E-state index contributed by atoms with van der Waals surface area (Å²) < 4.78 is 0. The van der Waals surface area contributed by atoms with Gasteiger partial charge >= 0.3 is 5.97 Å². The van der Waals surface area contributed by atoms with Crippen LogP contribution < -0.4 is 0 Å². The van der Waals surface area contributed by atoms with Gasteiger partial charge in [-0.2, -0.15) is 0 Å². The van der Waals surface area contributed by atoms with Gasteiger partial charge in [0.15, 0.2) is 0 Å². The molecule has 0 aromatic carbocycles. The monoisotopic (exact) mass is 316 g/mol. The predicted octanol–water partition coefficient (Wildman–Crippen LogP) is 6.24. The van der Waals surface area contributed by atoms with Crippen molar-refractivity contribution < 1.29 is 9.90 Å². The molecule has 0 spiro atoms. The van der Waals surface area contributed by atoms with Crippen LogP contribution in [-0.2, 0) is 4.79 Å². The summed E-state index contributed by atoms with van der Waals surface area (Å²) in [5.41, 5.74) is 0. The number of allylic oxidation sites excluding steroid dienone is 10. The molecule has 0 fully saturated rings. The molecule has 0 aromatic heterocycles. The summed E-state index contributed by atoms with van der Waals surface area (Å²) in [6.45, 7) is 3.89. The van der Waals surface area contributed by atoms with Crippen molar-refractivity contribution in [2.24, 2.45) is 5.92 Å². The first-order valence-corrected chi connectivity index (χ1v) is 8.66. The lowest BCUT2D eigenvalue weighted by Crippen LogP contribution is -2.08. The van der Waals surface area contributed by atoms with E-state index in [4.69, 9.17) is 5.11 Å². The highest BCUT2D eigenvalue weighted by molar-refractivity contribution is 5.69. The maximum absolute atomic E-state index is 10.6. The van der Waals surface area contributed by atoms with Crippen LogP contribution in [0.5, 0.6) is 0 Å². The molecule has 2 heteroatoms. The lowest BCUT2D eigenvalue weighted by molar-refractivity contribution is -0.141. The number of carboxylic acids is 1. The Labute approximate surface area is 142 Å². The maximum atomic E-state index is 10.6. The molecule has 0 aromatic rings. The molecule has 0 aliphatic carbocycles. The molecular formula is C21H32O2. The number of aliphatic carboxylic acids is 1. The van der Waals surface area contributed by atoms with Crippen molar-refractivity contribution in [1.82, 2.24) is 0 Å². The number of carboxylic acid groups (broad SMARTS) is 1. The number of rotatable bonds is 13. The van der Waals surface area contributed by atoms with Crippen molar-refractivity contribution in [1.29, 1.82) is 0 Å². The highest BCUT2D eigenvalue weighted by atomic mass is 16.4. The van der Waals surface area contributed by atoms with Gasteiger partial charge in [0.1, 0.15) is 0 Å². The quantitative estimate of drug-likeness (QED) is 0.408. The van der Waals surface area contributed by atoms with Gasteiger partial charge in [-0.05, 0) is 44.9 Å². The third-order valence-electron chi connectivity index (χ3n) is 3.35. The molecule has 0 heterocycles. The number of hydrogen-bond acceptors (Lipinski definition) is 1. The summed E-state index contributed by atoms with van der Waals surface area (Å²) in [5.74, 6) is -0.964. The van der Waals surface area contributed by atoms with Crippen LogP contribution in [0.1, 0.15) is 58.8 Å². The van der Waals surface area contributed by atoms with Crippen molar-refractivity contribution in [3.63, 3.8) is 0 Å². The molecule has 0 aliphatic rings. The van der Waals surface area contributed by atoms with Gasteiger partial charge < -0.3 is 5.11 Å². The van der Waals surface area contributed by atoms with Gasteiger partial charge in [0.2, 0.25) is 0 Å². The van der Waals surface area contributed by atoms with Crippen molar-refractivity contribution in [2.75, 3.05) is 0 Å². The second-order valence-electron chi connectivity index (χ2n) is 5.52. The summed E-state index contributed by atoms with van der Waals surface area (Å²) in [7, 11) is 0. The molecule has 2 nitrogen and oxygen atoms in total. The molecule has 0 rings (SSSR count). The smallest absolute Gasteiger partial charge is 0.306 e. The van der Waals surface area contributed by atoms with Crippen molar-refractivity contribution in [3.05, 3.63) is 60.8 Å². The van der Waals surface area contributed by atoms with Crippen LogP contribution in [0, 0.1) is 5.92 Å². The zero-order valence-corrected chi connectivity index (χ0v) is 14.7. The lowest BCUT2D eigenvalue weighted by atomic mass is 10.1. The van der Waals surface area contributed by atoms with Gasteiger partial charge in [0.05, 0.1) is 5.92 Å². The zero-order valence-electron chi connectivity index (χ0n) is 14.7. The van der Waals surface area contributed by atoms with E-state index < -0.39 is 5.97 Å². The van der Waals surface area contributed by atoms with Crippen LogP contribution in [0.4, 0.5) is 0 Å². The van der Waals surface area contributed by atoms with Crippen LogP contribution >= 0.6 is 0 Å². The number of carbonyl (C=O) groups is 1. The van der Waals surface area contributed by atoms with E-state index in [9.17, 15) is 4.79 Å². The second kappa shape index (κ2) is 16.5. The standard InChI is InChI=1S/C21H32O2/c1-3-4-5-6-7-8-9-10-11-12-13-14-15-16-17-18-19-20(2)21(22)23/h4-5,7-8,10-11,13-14,16-17,20H,3,6,9,12,15,18-19H2,1-2H3,(H,22,23)/b5-4+,8-7+,11-10+,14-13+,17-16+. The van der Waals surface area contributed by atoms with E-state index in [-0.39, 0.29) is 5.92 Å². The first kappa shape index (κ1) is 21.2. The summed E-state index contributed by atoms with van der Waals surface area (Å²) in [6.07, 6.45) is 28.2. The van der Waals surface area contributed by atoms with Crippen LogP contribution in [0.15, 0.2) is 60.8 Å². The summed E-state index contributed by atoms with van der Waals surface area (Å²) in [6, 6.07) is 0. The van der Waals surface area contributed by atoms with E-state index in [2.05, 4.69) is 67.7 Å². The Bertz CT molecular complexity index is 425. The molecular weight excluding hydrogens is 284 g/mol. The molecule has 0 saturated carbocycles. The fourth-order valence-electron chi connectivity index (χ4n) is 1.84. The fraction of sp³-hybridized carbons (Fsp3) is 0.476. The minimum atomic E-state index is -0.711. The number of hydrogen-bond donors (Lipinski definition) is 1. The molecule has 23 heavy (non-hydrogen) atoms. The lowest BCUT2D eigenvalue weighted by Gasteiger charge is -2.01. The fourth-order valence-corrected chi connectivity index (χ4v) is 1.84. The Morgan fingerprint density at radius 3 is 1.57 bits per heavy atom. The van der Waals surface area contributed by atoms with E-state index in [1.54, 1.807) is 6.92 Å². The molecule has 0 amide bonds. The first-order valence-electron chi connectivity index (χ1n) is 8.66. The largest absolute Gasteiger partial charge is 0.481 e. The van der Waals surface area contributed by atoms with Crippen LogP contribution in [0.3, 0.4) is 0 Å². The molecule has 1 unspecified atom stereocenters. The molecule has 1 N–H and O–H groups in total. The van der Waals surface area contributed by atoms with Crippen LogP contribution in [-0.4, -0.2) is 11.1 Å². The summed E-state index contributed by atoms with van der Waals surface area (Å²) in [5, 5.41) is 8.76. The Hall–Kier alpha value is -1.83. The van der Waals surface area contributed by atoms with Gasteiger partial charge in [-0.15, -0.1) is 0 Å². The van der Waals surface area contributed by atoms with Crippen LogP contribution in [0.2, 0.25) is 0 Å². The molecule has 0 saturated heterocycles. The van der Waals surface area contributed by atoms with E-state index in [1.165, 1.54) is 0 Å². The van der Waals surface area contributed by atoms with Gasteiger partial charge in [0, 0.05) is 0 Å². The second-order valence-corrected chi connectivity index (χ2v) is 5.52. The third-order valence-corrected chi connectivity index (χ3v) is 3.35. The van der Waals surface area contributed by atoms with Crippen molar-refractivity contribution in [2.45, 2.75) is 58.8 Å². The Kier molecular flexibility index (Phi) is 15.2. The van der Waals surface area contributed by atoms with E-state index >= 15 is 0 Å². The zero-order chi connectivity index (χ0) is 17.2. The minimum absolute atomic E-state index is 0.253. The normalized spacial score (nSPS) is 14.2. The minimum Gasteiger partial charge on any atom is -0.481 e. The highest BCUT2D eigenvalue weighted by Gasteiger charge is 2.08. The topological polar surface area (TPSA) is 37.3 Å². The van der Waals surface area contributed by atoms with Crippen LogP contribution in [0.25, 0.3) is 0 Å². The van der Waals surface area contributed by atoms with Gasteiger partial charge in [-0.3, -0.25) is 4.79 Å². The predicted molar refractivity (Wildman–Crippen MR) is 100 cm³/mol. The summed E-state index contributed by atoms with van der Waals surface area (Å²) >= 11 is 0. The van der Waals surface area contributed by atoms with E-state index in [0.29, 0.717) is 6.42 Å². The Balaban J connectivity index is 3.54. The van der Waals surface area contributed by atoms with Gasteiger partial charge in [-0.1, -0.05) is 74.6 Å². The third kappa shape index (κ3) is 16.4. The SMILES string of the molecule is CC/C=C/C/C=C/C/C=C/C/C=C/C/C=C/CCC(C)C(=O)O. The Morgan fingerprint density at radius 2 is 1.17 bits per heavy atom. The molecule has 0 aliphatic heterocycles. The van der Waals surface area contributed by atoms with Crippen molar-refractivity contribution in [3.8, 4) is 0 Å². The van der Waals surface area contributed by atoms with Gasteiger partial charge in [-0.25, -0.2) is 0 Å². The highest BCUT2D eigenvalue weighted by Crippen LogP contribution is 2.06. The van der Waals surface area contributed by atoms with Crippen molar-refractivity contribution >= 4 is 5.97 Å².